The number of carbonyl (C=O) groups is 2. The van der Waals surface area contributed by atoms with Gasteiger partial charge in [0.1, 0.15) is 5.75 Å². The number of halogens is 2. The predicted octanol–water partition coefficient (Wildman–Crippen LogP) is 5.99. The molecule has 0 fully saturated rings. The second-order valence-electron chi connectivity index (χ2n) is 6.02. The van der Waals surface area contributed by atoms with Gasteiger partial charge in [0.05, 0.1) is 15.8 Å². The van der Waals surface area contributed by atoms with Crippen molar-refractivity contribution in [3.63, 3.8) is 0 Å². The smallest absolute Gasteiger partial charge is 0.262 e. The minimum Gasteiger partial charge on any atom is -0.484 e. The van der Waals surface area contributed by atoms with Crippen LogP contribution >= 0.6 is 35.0 Å². The van der Waals surface area contributed by atoms with Gasteiger partial charge in [0.2, 0.25) is 0 Å². The monoisotopic (exact) mass is 445 g/mol. The number of ketones is 1. The molecule has 0 aromatic heterocycles. The van der Waals surface area contributed by atoms with Gasteiger partial charge in [0.15, 0.2) is 12.4 Å². The Morgan fingerprint density at radius 1 is 0.897 bits per heavy atom. The topological polar surface area (TPSA) is 55.4 Å². The van der Waals surface area contributed by atoms with Crippen molar-refractivity contribution < 1.29 is 14.3 Å². The molecule has 3 aromatic rings. The first-order valence-electron chi connectivity index (χ1n) is 8.70. The van der Waals surface area contributed by atoms with Crippen molar-refractivity contribution in [2.24, 2.45) is 0 Å². The molecule has 0 bridgehead atoms. The zero-order valence-corrected chi connectivity index (χ0v) is 17.6. The van der Waals surface area contributed by atoms with Crippen molar-refractivity contribution in [1.82, 2.24) is 0 Å². The lowest BCUT2D eigenvalue weighted by Gasteiger charge is -2.09. The quantitative estimate of drug-likeness (QED) is 0.341. The van der Waals surface area contributed by atoms with E-state index >= 15 is 0 Å². The van der Waals surface area contributed by atoms with E-state index in [1.165, 1.54) is 11.8 Å². The van der Waals surface area contributed by atoms with Gasteiger partial charge in [-0.1, -0.05) is 47.5 Å². The molecule has 148 valence electrons. The highest BCUT2D eigenvalue weighted by Crippen LogP contribution is 2.26. The maximum atomic E-state index is 12.4. The molecule has 0 aliphatic rings. The zero-order chi connectivity index (χ0) is 20.6. The van der Waals surface area contributed by atoms with Crippen LogP contribution in [0.5, 0.6) is 5.75 Å². The molecule has 1 amide bonds. The number of amides is 1. The largest absolute Gasteiger partial charge is 0.484 e. The molecular weight excluding hydrogens is 429 g/mol. The number of Topliss-reactive ketones (excluding diaryl/α,β-unsaturated/α-hetero) is 1. The second kappa shape index (κ2) is 10.3. The van der Waals surface area contributed by atoms with Crippen LogP contribution in [0.2, 0.25) is 10.0 Å². The van der Waals surface area contributed by atoms with Crippen LogP contribution in [0.4, 0.5) is 5.69 Å². The van der Waals surface area contributed by atoms with E-state index in [1.807, 2.05) is 36.4 Å². The van der Waals surface area contributed by atoms with Gasteiger partial charge in [0.25, 0.3) is 5.91 Å². The number of para-hydroxylation sites is 1. The molecule has 4 nitrogen and oxygen atoms in total. The predicted molar refractivity (Wildman–Crippen MR) is 119 cm³/mol. The summed E-state index contributed by atoms with van der Waals surface area (Å²) < 4.78 is 5.43. The molecule has 0 atom stereocenters. The fourth-order valence-corrected chi connectivity index (χ4v) is 3.58. The summed E-state index contributed by atoms with van der Waals surface area (Å²) in [7, 11) is 0. The lowest BCUT2D eigenvalue weighted by Crippen LogP contribution is -2.20. The van der Waals surface area contributed by atoms with E-state index in [0.29, 0.717) is 27.0 Å². The fourth-order valence-electron chi connectivity index (χ4n) is 2.43. The molecule has 0 saturated heterocycles. The first-order chi connectivity index (χ1) is 14.0. The molecule has 0 unspecified atom stereocenters. The average molecular weight is 446 g/mol. The van der Waals surface area contributed by atoms with Crippen LogP contribution in [0.3, 0.4) is 0 Å². The summed E-state index contributed by atoms with van der Waals surface area (Å²) in [5, 5.41) is 3.56. The van der Waals surface area contributed by atoms with Crippen LogP contribution in [-0.2, 0) is 4.79 Å². The Balaban J connectivity index is 1.52. The SMILES string of the molecule is O=C(COc1ccccc1)Nc1cccc(SCC(=O)c2ccc(Cl)c(Cl)c2)c1. The maximum Gasteiger partial charge on any atom is 0.262 e. The lowest BCUT2D eigenvalue weighted by atomic mass is 10.1. The van der Waals surface area contributed by atoms with Crippen LogP contribution in [0.15, 0.2) is 77.7 Å². The summed E-state index contributed by atoms with van der Waals surface area (Å²) in [5.74, 6) is 0.557. The van der Waals surface area contributed by atoms with Crippen molar-refractivity contribution in [1.29, 1.82) is 0 Å². The zero-order valence-electron chi connectivity index (χ0n) is 15.2. The van der Waals surface area contributed by atoms with Crippen molar-refractivity contribution >= 4 is 52.3 Å². The van der Waals surface area contributed by atoms with E-state index in [9.17, 15) is 9.59 Å². The Bertz CT molecular complexity index is 1010. The van der Waals surface area contributed by atoms with Gasteiger partial charge in [-0.3, -0.25) is 9.59 Å². The molecule has 3 rings (SSSR count). The normalized spacial score (nSPS) is 10.4. The highest BCUT2D eigenvalue weighted by molar-refractivity contribution is 8.00. The summed E-state index contributed by atoms with van der Waals surface area (Å²) in [6.07, 6.45) is 0. The first-order valence-corrected chi connectivity index (χ1v) is 10.4. The Morgan fingerprint density at radius 2 is 1.69 bits per heavy atom. The molecule has 0 saturated carbocycles. The number of hydrogen-bond donors (Lipinski definition) is 1. The van der Waals surface area contributed by atoms with Crippen molar-refractivity contribution in [3.8, 4) is 5.75 Å². The highest BCUT2D eigenvalue weighted by atomic mass is 35.5. The van der Waals surface area contributed by atoms with Gasteiger partial charge in [-0.15, -0.1) is 11.8 Å². The summed E-state index contributed by atoms with van der Waals surface area (Å²) in [6, 6.07) is 21.3. The van der Waals surface area contributed by atoms with Crippen molar-refractivity contribution in [2.75, 3.05) is 17.7 Å². The molecule has 0 spiro atoms. The number of rotatable bonds is 8. The number of thioether (sulfide) groups is 1. The second-order valence-corrected chi connectivity index (χ2v) is 7.88. The number of anilines is 1. The fraction of sp³-hybridized carbons (Fsp3) is 0.0909. The Labute approximate surface area is 183 Å². The molecule has 7 heteroatoms. The molecule has 0 aliphatic carbocycles. The van der Waals surface area contributed by atoms with Gasteiger partial charge in [-0.2, -0.15) is 0 Å². The number of hydrogen-bond acceptors (Lipinski definition) is 4. The summed E-state index contributed by atoms with van der Waals surface area (Å²) >= 11 is 13.2. The first kappa shape index (κ1) is 21.2. The summed E-state index contributed by atoms with van der Waals surface area (Å²) in [4.78, 5) is 25.3. The third-order valence-corrected chi connectivity index (χ3v) is 5.58. The number of ether oxygens (including phenoxy) is 1. The minimum atomic E-state index is -0.261. The Kier molecular flexibility index (Phi) is 7.58. The van der Waals surface area contributed by atoms with Gasteiger partial charge < -0.3 is 10.1 Å². The van der Waals surface area contributed by atoms with E-state index in [0.717, 1.165) is 4.90 Å². The van der Waals surface area contributed by atoms with Crippen LogP contribution in [0, 0.1) is 0 Å². The molecule has 29 heavy (non-hydrogen) atoms. The maximum absolute atomic E-state index is 12.4. The molecule has 0 radical (unpaired) electrons. The molecule has 3 aromatic carbocycles. The lowest BCUT2D eigenvalue weighted by molar-refractivity contribution is -0.118. The molecule has 1 N–H and O–H groups in total. The standard InChI is InChI=1S/C22H17Cl2NO3S/c23-19-10-9-15(11-20(19)24)21(26)14-29-18-8-4-5-16(12-18)25-22(27)13-28-17-6-2-1-3-7-17/h1-12H,13-14H2,(H,25,27). The van der Waals surface area contributed by atoms with Crippen molar-refractivity contribution in [3.05, 3.63) is 88.4 Å². The molecular formula is C22H17Cl2NO3S. The Morgan fingerprint density at radius 3 is 2.45 bits per heavy atom. The van der Waals surface area contributed by atoms with Gasteiger partial charge in [-0.05, 0) is 48.5 Å². The van der Waals surface area contributed by atoms with E-state index < -0.39 is 0 Å². The van der Waals surface area contributed by atoms with E-state index in [1.54, 1.807) is 36.4 Å². The van der Waals surface area contributed by atoms with Gasteiger partial charge >= 0.3 is 0 Å². The summed E-state index contributed by atoms with van der Waals surface area (Å²) in [6.45, 7) is -0.0861. The van der Waals surface area contributed by atoms with E-state index in [2.05, 4.69) is 5.32 Å². The minimum absolute atomic E-state index is 0.0562. The average Bonchev–Trinajstić information content (AvgIpc) is 2.73. The summed E-state index contributed by atoms with van der Waals surface area (Å²) in [5.41, 5.74) is 1.15. The highest BCUT2D eigenvalue weighted by Gasteiger charge is 2.10. The molecule has 0 heterocycles. The number of benzene rings is 3. The van der Waals surface area contributed by atoms with Crippen LogP contribution in [-0.4, -0.2) is 24.1 Å². The third-order valence-electron chi connectivity index (χ3n) is 3.84. The van der Waals surface area contributed by atoms with E-state index in [-0.39, 0.29) is 24.1 Å². The number of nitrogens with one attached hydrogen (secondary N) is 1. The van der Waals surface area contributed by atoms with Gasteiger partial charge in [-0.25, -0.2) is 0 Å². The number of carbonyl (C=O) groups excluding carboxylic acids is 2. The van der Waals surface area contributed by atoms with E-state index in [4.69, 9.17) is 27.9 Å². The van der Waals surface area contributed by atoms with Crippen LogP contribution < -0.4 is 10.1 Å². The van der Waals surface area contributed by atoms with Crippen LogP contribution in [0.1, 0.15) is 10.4 Å². The van der Waals surface area contributed by atoms with Gasteiger partial charge in [0, 0.05) is 16.1 Å². The Hall–Kier alpha value is -2.47. The molecule has 0 aliphatic heterocycles. The van der Waals surface area contributed by atoms with Crippen molar-refractivity contribution in [2.45, 2.75) is 4.90 Å². The van der Waals surface area contributed by atoms with Crippen LogP contribution in [0.25, 0.3) is 0 Å². The third kappa shape index (κ3) is 6.53.